The highest BCUT2D eigenvalue weighted by Crippen LogP contribution is 2.26. The van der Waals surface area contributed by atoms with Crippen LogP contribution in [0.3, 0.4) is 0 Å². The molecule has 0 aliphatic heterocycles. The van der Waals surface area contributed by atoms with Crippen LogP contribution in [-0.2, 0) is 16.1 Å². The Labute approximate surface area is 175 Å². The Balaban J connectivity index is 1.65. The quantitative estimate of drug-likeness (QED) is 0.489. The van der Waals surface area contributed by atoms with Crippen LogP contribution in [0, 0.1) is 0 Å². The summed E-state index contributed by atoms with van der Waals surface area (Å²) >= 11 is 7.33. The number of halogens is 3. The molecule has 0 spiro atoms. The maximum absolute atomic E-state index is 12.3. The van der Waals surface area contributed by atoms with E-state index < -0.39 is 6.61 Å². The molecule has 0 bridgehead atoms. The number of hydrogen-bond donors (Lipinski definition) is 1. The Hall–Kier alpha value is -2.36. The molecule has 29 heavy (non-hydrogen) atoms. The zero-order valence-electron chi connectivity index (χ0n) is 15.4. The average Bonchev–Trinajstić information content (AvgIpc) is 3.02. The van der Waals surface area contributed by atoms with Gasteiger partial charge in [-0.2, -0.15) is 8.78 Å². The largest absolute Gasteiger partial charge is 0.435 e. The molecular weight excluding hydrogens is 424 g/mol. The number of carbonyl (C=O) groups is 1. The molecule has 0 aliphatic rings. The molecular formula is C19H18ClF2N3O3S. The summed E-state index contributed by atoms with van der Waals surface area (Å²) in [6, 6.07) is 11.2. The first-order chi connectivity index (χ1) is 14.0. The Bertz CT molecular complexity index is 983. The predicted molar refractivity (Wildman–Crippen MR) is 109 cm³/mol. The van der Waals surface area contributed by atoms with E-state index in [9.17, 15) is 13.6 Å². The first-order valence-electron chi connectivity index (χ1n) is 8.58. The van der Waals surface area contributed by atoms with Crippen molar-refractivity contribution < 1.29 is 23.0 Å². The zero-order chi connectivity index (χ0) is 20.8. The van der Waals surface area contributed by atoms with E-state index in [0.717, 1.165) is 11.0 Å². The maximum atomic E-state index is 12.3. The number of fused-ring (bicyclic) bond motifs is 1. The van der Waals surface area contributed by atoms with E-state index in [1.54, 1.807) is 19.2 Å². The number of ether oxygens (including phenoxy) is 2. The van der Waals surface area contributed by atoms with Gasteiger partial charge in [0.1, 0.15) is 5.75 Å². The Morgan fingerprint density at radius 2 is 2.03 bits per heavy atom. The highest BCUT2D eigenvalue weighted by atomic mass is 35.5. The van der Waals surface area contributed by atoms with Crippen molar-refractivity contribution in [2.75, 3.05) is 24.8 Å². The van der Waals surface area contributed by atoms with E-state index in [1.165, 1.54) is 36.0 Å². The molecule has 0 unspecified atom stereocenters. The van der Waals surface area contributed by atoms with E-state index in [4.69, 9.17) is 16.3 Å². The van der Waals surface area contributed by atoms with Gasteiger partial charge in [-0.3, -0.25) is 4.79 Å². The van der Waals surface area contributed by atoms with Gasteiger partial charge in [-0.05, 0) is 42.5 Å². The van der Waals surface area contributed by atoms with Gasteiger partial charge >= 0.3 is 6.61 Å². The van der Waals surface area contributed by atoms with Crippen LogP contribution in [0.4, 0.5) is 14.5 Å². The SMILES string of the molecule is COCCn1c(SCC(=O)Nc2ccc(OC(F)F)cc2)nc2cc(Cl)ccc21. The Kier molecular flexibility index (Phi) is 7.29. The number of nitrogens with zero attached hydrogens (tertiary/aromatic N) is 2. The zero-order valence-corrected chi connectivity index (χ0v) is 17.0. The predicted octanol–water partition coefficient (Wildman–Crippen LogP) is 4.67. The molecule has 0 fully saturated rings. The summed E-state index contributed by atoms with van der Waals surface area (Å²) < 4.78 is 35.8. The second-order valence-electron chi connectivity index (χ2n) is 5.91. The maximum Gasteiger partial charge on any atom is 0.387 e. The summed E-state index contributed by atoms with van der Waals surface area (Å²) in [5.74, 6) is -0.0990. The lowest BCUT2D eigenvalue weighted by Gasteiger charge is -2.09. The van der Waals surface area contributed by atoms with E-state index in [0.29, 0.717) is 29.0 Å². The lowest BCUT2D eigenvalue weighted by atomic mass is 10.3. The van der Waals surface area contributed by atoms with Crippen LogP contribution in [0.5, 0.6) is 5.75 Å². The summed E-state index contributed by atoms with van der Waals surface area (Å²) in [6.07, 6.45) is 0. The topological polar surface area (TPSA) is 65.4 Å². The molecule has 6 nitrogen and oxygen atoms in total. The second kappa shape index (κ2) is 9.91. The minimum absolute atomic E-state index is 0.0258. The number of anilines is 1. The molecule has 0 atom stereocenters. The van der Waals surface area contributed by atoms with Gasteiger partial charge < -0.3 is 19.4 Å². The number of alkyl halides is 2. The van der Waals surface area contributed by atoms with Crippen molar-refractivity contribution in [1.82, 2.24) is 9.55 Å². The molecule has 154 valence electrons. The van der Waals surface area contributed by atoms with E-state index in [2.05, 4.69) is 15.0 Å². The third-order valence-corrected chi connectivity index (χ3v) is 5.10. The molecule has 2 aromatic carbocycles. The number of aromatic nitrogens is 2. The number of nitrogens with one attached hydrogen (secondary N) is 1. The molecule has 0 aliphatic carbocycles. The van der Waals surface area contributed by atoms with E-state index >= 15 is 0 Å². The molecule has 10 heteroatoms. The minimum atomic E-state index is -2.89. The van der Waals surface area contributed by atoms with Crippen LogP contribution in [0.1, 0.15) is 0 Å². The first-order valence-corrected chi connectivity index (χ1v) is 9.95. The number of carbonyl (C=O) groups excluding carboxylic acids is 1. The summed E-state index contributed by atoms with van der Waals surface area (Å²) in [5, 5.41) is 3.97. The van der Waals surface area contributed by atoms with Crippen molar-refractivity contribution in [3.63, 3.8) is 0 Å². The minimum Gasteiger partial charge on any atom is -0.435 e. The molecule has 0 saturated heterocycles. The van der Waals surface area contributed by atoms with Crippen LogP contribution in [0.15, 0.2) is 47.6 Å². The Morgan fingerprint density at radius 1 is 1.28 bits per heavy atom. The molecule has 1 aromatic heterocycles. The van der Waals surface area contributed by atoms with Crippen molar-refractivity contribution in [3.05, 3.63) is 47.5 Å². The number of methoxy groups -OCH3 is 1. The second-order valence-corrected chi connectivity index (χ2v) is 7.29. The van der Waals surface area contributed by atoms with Crippen LogP contribution in [-0.4, -0.2) is 41.5 Å². The fraction of sp³-hybridized carbons (Fsp3) is 0.263. The number of benzene rings is 2. The number of amides is 1. The van der Waals surface area contributed by atoms with Gasteiger partial charge in [0.05, 0.1) is 23.4 Å². The summed E-state index contributed by atoms with van der Waals surface area (Å²) in [7, 11) is 1.62. The van der Waals surface area contributed by atoms with Crippen molar-refractivity contribution in [2.24, 2.45) is 0 Å². The first kappa shape index (κ1) is 21.4. The van der Waals surface area contributed by atoms with Gasteiger partial charge in [0.15, 0.2) is 5.16 Å². The molecule has 0 radical (unpaired) electrons. The van der Waals surface area contributed by atoms with E-state index in [-0.39, 0.29) is 17.4 Å². The third kappa shape index (κ3) is 5.81. The molecule has 3 rings (SSSR count). The lowest BCUT2D eigenvalue weighted by Crippen LogP contribution is -2.15. The van der Waals surface area contributed by atoms with Gasteiger partial charge in [-0.25, -0.2) is 4.98 Å². The van der Waals surface area contributed by atoms with Crippen LogP contribution in [0.2, 0.25) is 5.02 Å². The number of thioether (sulfide) groups is 1. The molecule has 3 aromatic rings. The van der Waals surface area contributed by atoms with Gasteiger partial charge in [0.25, 0.3) is 0 Å². The van der Waals surface area contributed by atoms with E-state index in [1.807, 2.05) is 10.6 Å². The van der Waals surface area contributed by atoms with Gasteiger partial charge in [0, 0.05) is 24.4 Å². The summed E-state index contributed by atoms with van der Waals surface area (Å²) in [4.78, 5) is 16.8. The number of imidazole rings is 1. The summed E-state index contributed by atoms with van der Waals surface area (Å²) in [5.41, 5.74) is 2.13. The normalized spacial score (nSPS) is 11.2. The molecule has 0 saturated carbocycles. The van der Waals surface area contributed by atoms with Crippen molar-refractivity contribution >= 4 is 46.0 Å². The third-order valence-electron chi connectivity index (χ3n) is 3.89. The average molecular weight is 442 g/mol. The molecule has 1 heterocycles. The summed E-state index contributed by atoms with van der Waals surface area (Å²) in [6.45, 7) is -1.80. The Morgan fingerprint density at radius 3 is 2.72 bits per heavy atom. The van der Waals surface area contributed by atoms with Crippen LogP contribution < -0.4 is 10.1 Å². The van der Waals surface area contributed by atoms with Crippen molar-refractivity contribution in [2.45, 2.75) is 18.3 Å². The number of rotatable bonds is 9. The van der Waals surface area contributed by atoms with Crippen LogP contribution >= 0.6 is 23.4 Å². The highest BCUT2D eigenvalue weighted by molar-refractivity contribution is 7.99. The fourth-order valence-corrected chi connectivity index (χ4v) is 3.64. The van der Waals surface area contributed by atoms with Gasteiger partial charge in [0.2, 0.25) is 5.91 Å². The highest BCUT2D eigenvalue weighted by Gasteiger charge is 2.14. The van der Waals surface area contributed by atoms with Gasteiger partial charge in [-0.1, -0.05) is 23.4 Å². The monoisotopic (exact) mass is 441 g/mol. The molecule has 1 N–H and O–H groups in total. The molecule has 1 amide bonds. The van der Waals surface area contributed by atoms with Crippen molar-refractivity contribution in [1.29, 1.82) is 0 Å². The lowest BCUT2D eigenvalue weighted by molar-refractivity contribution is -0.113. The fourth-order valence-electron chi connectivity index (χ4n) is 2.64. The number of hydrogen-bond acceptors (Lipinski definition) is 5. The van der Waals surface area contributed by atoms with Crippen molar-refractivity contribution in [3.8, 4) is 5.75 Å². The van der Waals surface area contributed by atoms with Crippen LogP contribution in [0.25, 0.3) is 11.0 Å². The standard InChI is InChI=1S/C19H18ClF2N3O3S/c1-27-9-8-25-16-7-2-12(20)10-15(16)24-19(25)29-11-17(26)23-13-3-5-14(6-4-13)28-18(21)22/h2-7,10,18H,8-9,11H2,1H3,(H,23,26). The smallest absolute Gasteiger partial charge is 0.387 e. The van der Waals surface area contributed by atoms with Gasteiger partial charge in [-0.15, -0.1) is 0 Å².